The van der Waals surface area contributed by atoms with Crippen LogP contribution in [0.25, 0.3) is 0 Å². The molecule has 2 rings (SSSR count). The van der Waals surface area contributed by atoms with E-state index in [1.807, 2.05) is 0 Å². The minimum atomic E-state index is 0.475. The van der Waals surface area contributed by atoms with Crippen molar-refractivity contribution in [3.05, 3.63) is 23.7 Å². The lowest BCUT2D eigenvalue weighted by molar-refractivity contribution is -0.00901. The molecule has 0 bridgehead atoms. The Hall–Kier alpha value is -0.960. The second-order valence-electron chi connectivity index (χ2n) is 5.96. The Morgan fingerprint density at radius 1 is 1.10 bits per heavy atom. The third kappa shape index (κ3) is 4.02. The molecule has 2 aliphatic carbocycles. The van der Waals surface area contributed by atoms with Gasteiger partial charge in [-0.1, -0.05) is 19.8 Å². The van der Waals surface area contributed by atoms with Gasteiger partial charge in [0.25, 0.3) is 0 Å². The molecule has 0 aliphatic heterocycles. The minimum Gasteiger partial charge on any atom is -0.493 e. The van der Waals surface area contributed by atoms with Gasteiger partial charge < -0.3 is 14.2 Å². The molecule has 1 fully saturated rings. The average Bonchev–Trinajstić information content (AvgIpc) is 2.49. The fourth-order valence-corrected chi connectivity index (χ4v) is 3.18. The van der Waals surface area contributed by atoms with E-state index in [-0.39, 0.29) is 0 Å². The van der Waals surface area contributed by atoms with Crippen molar-refractivity contribution in [1.29, 1.82) is 0 Å². The molecule has 0 aromatic rings. The Labute approximate surface area is 123 Å². The lowest BCUT2D eigenvalue weighted by Crippen LogP contribution is -2.26. The number of hydrogen-bond acceptors (Lipinski definition) is 3. The molecule has 0 radical (unpaired) electrons. The van der Waals surface area contributed by atoms with Gasteiger partial charge in [0, 0.05) is 6.61 Å². The van der Waals surface area contributed by atoms with Gasteiger partial charge >= 0.3 is 0 Å². The molecule has 0 aromatic heterocycles. The van der Waals surface area contributed by atoms with Gasteiger partial charge in [-0.05, 0) is 49.7 Å². The summed E-state index contributed by atoms with van der Waals surface area (Å²) >= 11 is 0. The van der Waals surface area contributed by atoms with Crippen LogP contribution in [0.3, 0.4) is 0 Å². The molecule has 3 atom stereocenters. The van der Waals surface area contributed by atoms with Crippen LogP contribution >= 0.6 is 0 Å². The van der Waals surface area contributed by atoms with Gasteiger partial charge in [0.2, 0.25) is 0 Å². The van der Waals surface area contributed by atoms with Gasteiger partial charge in [0.1, 0.15) is 0 Å². The summed E-state index contributed by atoms with van der Waals surface area (Å²) in [6.07, 6.45) is 12.1. The zero-order valence-corrected chi connectivity index (χ0v) is 13.1. The van der Waals surface area contributed by atoms with E-state index >= 15 is 0 Å². The fourth-order valence-electron chi connectivity index (χ4n) is 3.18. The maximum Gasteiger partial charge on any atom is 0.156 e. The molecule has 0 N–H and O–H groups in total. The smallest absolute Gasteiger partial charge is 0.156 e. The van der Waals surface area contributed by atoms with Crippen molar-refractivity contribution in [2.24, 2.45) is 11.8 Å². The molecule has 0 heterocycles. The monoisotopic (exact) mass is 280 g/mol. The highest BCUT2D eigenvalue weighted by Gasteiger charge is 2.22. The van der Waals surface area contributed by atoms with Crippen molar-refractivity contribution in [2.45, 2.75) is 51.6 Å². The van der Waals surface area contributed by atoms with Crippen molar-refractivity contribution >= 4 is 0 Å². The van der Waals surface area contributed by atoms with Crippen molar-refractivity contribution in [3.63, 3.8) is 0 Å². The van der Waals surface area contributed by atoms with Crippen molar-refractivity contribution in [3.8, 4) is 0 Å². The van der Waals surface area contributed by atoms with Crippen LogP contribution < -0.4 is 0 Å². The van der Waals surface area contributed by atoms with Gasteiger partial charge in [0.05, 0.1) is 20.3 Å². The first-order valence-electron chi connectivity index (χ1n) is 7.86. The molecule has 0 aromatic carbocycles. The van der Waals surface area contributed by atoms with E-state index in [0.717, 1.165) is 36.9 Å². The minimum absolute atomic E-state index is 0.475. The molecule has 0 spiro atoms. The Morgan fingerprint density at radius 3 is 2.55 bits per heavy atom. The van der Waals surface area contributed by atoms with E-state index in [0.29, 0.717) is 12.0 Å². The standard InChI is InChI=1S/C17H28O3/c1-13-6-4-5-7-15(13)20-11-10-14-8-9-16(18-2)17(12-14)19-3/h9,12-15H,4-8,10-11H2,1-3H3/t13-,14?,15+/m0/s1. The maximum absolute atomic E-state index is 6.10. The summed E-state index contributed by atoms with van der Waals surface area (Å²) in [5.74, 6) is 2.93. The summed E-state index contributed by atoms with van der Waals surface area (Å²) in [7, 11) is 3.38. The predicted molar refractivity (Wildman–Crippen MR) is 80.3 cm³/mol. The fraction of sp³-hybridized carbons (Fsp3) is 0.765. The molecule has 114 valence electrons. The van der Waals surface area contributed by atoms with E-state index in [2.05, 4.69) is 19.1 Å². The van der Waals surface area contributed by atoms with Gasteiger partial charge in [-0.25, -0.2) is 0 Å². The van der Waals surface area contributed by atoms with Gasteiger partial charge in [-0.3, -0.25) is 0 Å². The van der Waals surface area contributed by atoms with Crippen LogP contribution in [0.5, 0.6) is 0 Å². The maximum atomic E-state index is 6.10. The first kappa shape index (κ1) is 15.4. The van der Waals surface area contributed by atoms with Crippen LogP contribution in [-0.4, -0.2) is 26.9 Å². The predicted octanol–water partition coefficient (Wildman–Crippen LogP) is 4.05. The second kappa shape index (κ2) is 7.72. The van der Waals surface area contributed by atoms with Crippen molar-refractivity contribution in [2.75, 3.05) is 20.8 Å². The number of ether oxygens (including phenoxy) is 3. The van der Waals surface area contributed by atoms with E-state index in [9.17, 15) is 0 Å². The Balaban J connectivity index is 1.75. The number of methoxy groups -OCH3 is 2. The summed E-state index contributed by atoms with van der Waals surface area (Å²) in [5, 5.41) is 0. The highest BCUT2D eigenvalue weighted by Crippen LogP contribution is 2.28. The number of rotatable bonds is 6. The number of allylic oxidation sites excluding steroid dienone is 2. The molecule has 3 heteroatoms. The summed E-state index contributed by atoms with van der Waals surface area (Å²) in [5.41, 5.74) is 0. The van der Waals surface area contributed by atoms with E-state index in [1.54, 1.807) is 14.2 Å². The van der Waals surface area contributed by atoms with Gasteiger partial charge in [-0.15, -0.1) is 0 Å². The molecule has 1 saturated carbocycles. The van der Waals surface area contributed by atoms with E-state index < -0.39 is 0 Å². The molecular formula is C17H28O3. The van der Waals surface area contributed by atoms with Crippen LogP contribution in [-0.2, 0) is 14.2 Å². The summed E-state index contributed by atoms with van der Waals surface area (Å²) in [6, 6.07) is 0. The number of hydrogen-bond donors (Lipinski definition) is 0. The summed E-state index contributed by atoms with van der Waals surface area (Å²) in [6.45, 7) is 3.17. The Kier molecular flexibility index (Phi) is 5.96. The molecule has 1 unspecified atom stereocenters. The molecule has 20 heavy (non-hydrogen) atoms. The zero-order valence-electron chi connectivity index (χ0n) is 13.1. The zero-order chi connectivity index (χ0) is 14.4. The van der Waals surface area contributed by atoms with Crippen LogP contribution in [0.1, 0.15) is 45.4 Å². The highest BCUT2D eigenvalue weighted by atomic mass is 16.5. The lowest BCUT2D eigenvalue weighted by atomic mass is 9.88. The van der Waals surface area contributed by atoms with Gasteiger partial charge in [0.15, 0.2) is 11.5 Å². The van der Waals surface area contributed by atoms with Gasteiger partial charge in [-0.2, -0.15) is 0 Å². The van der Waals surface area contributed by atoms with Crippen LogP contribution in [0.2, 0.25) is 0 Å². The largest absolute Gasteiger partial charge is 0.493 e. The second-order valence-corrected chi connectivity index (χ2v) is 5.96. The molecule has 2 aliphatic rings. The third-order valence-electron chi connectivity index (χ3n) is 4.53. The Morgan fingerprint density at radius 2 is 1.85 bits per heavy atom. The quantitative estimate of drug-likeness (QED) is 0.734. The molecule has 3 nitrogen and oxygen atoms in total. The van der Waals surface area contributed by atoms with E-state index in [4.69, 9.17) is 14.2 Å². The molecule has 0 saturated heterocycles. The van der Waals surface area contributed by atoms with Crippen molar-refractivity contribution < 1.29 is 14.2 Å². The Bertz CT molecular complexity index is 359. The normalized spacial score (nSPS) is 30.4. The average molecular weight is 280 g/mol. The first-order valence-corrected chi connectivity index (χ1v) is 7.86. The van der Waals surface area contributed by atoms with Crippen LogP contribution in [0.4, 0.5) is 0 Å². The topological polar surface area (TPSA) is 27.7 Å². The van der Waals surface area contributed by atoms with E-state index in [1.165, 1.54) is 25.7 Å². The first-order chi connectivity index (χ1) is 9.74. The third-order valence-corrected chi connectivity index (χ3v) is 4.53. The summed E-state index contributed by atoms with van der Waals surface area (Å²) < 4.78 is 16.8. The molecule has 0 amide bonds. The van der Waals surface area contributed by atoms with Crippen LogP contribution in [0.15, 0.2) is 23.7 Å². The summed E-state index contributed by atoms with van der Waals surface area (Å²) in [4.78, 5) is 0. The SMILES string of the molecule is COC1=CCC(CCO[C@@H]2CCCC[C@@H]2C)C=C1OC. The molecular weight excluding hydrogens is 252 g/mol. The van der Waals surface area contributed by atoms with Crippen molar-refractivity contribution in [1.82, 2.24) is 0 Å². The highest BCUT2D eigenvalue weighted by molar-refractivity contribution is 5.25. The van der Waals surface area contributed by atoms with Crippen LogP contribution in [0, 0.1) is 11.8 Å². The lowest BCUT2D eigenvalue weighted by Gasteiger charge is -2.29.